The van der Waals surface area contributed by atoms with Crippen molar-refractivity contribution in [2.75, 3.05) is 11.9 Å². The van der Waals surface area contributed by atoms with Gasteiger partial charge in [0.1, 0.15) is 17.3 Å². The Hall–Kier alpha value is -2.48. The molecule has 0 saturated carbocycles. The molecule has 0 bridgehead atoms. The number of nitrogens with one attached hydrogen (secondary N) is 1. The average Bonchev–Trinajstić information content (AvgIpc) is 3.10. The van der Waals surface area contributed by atoms with Crippen LogP contribution in [0, 0.1) is 6.92 Å². The van der Waals surface area contributed by atoms with E-state index in [1.54, 1.807) is 28.2 Å². The van der Waals surface area contributed by atoms with Crippen LogP contribution in [-0.2, 0) is 6.42 Å². The van der Waals surface area contributed by atoms with Gasteiger partial charge in [0.15, 0.2) is 0 Å². The van der Waals surface area contributed by atoms with Crippen molar-refractivity contribution in [2.24, 2.45) is 0 Å². The first-order chi connectivity index (χ1) is 12.9. The topological polar surface area (TPSA) is 39.1 Å². The quantitative estimate of drug-likeness (QED) is 0.634. The molecule has 8 heteroatoms. The van der Waals surface area contributed by atoms with Crippen LogP contribution >= 0.6 is 11.3 Å². The second-order valence-electron chi connectivity index (χ2n) is 6.42. The minimum Gasteiger partial charge on any atom is -0.406 e. The van der Waals surface area contributed by atoms with Crippen LogP contribution in [0.2, 0.25) is 0 Å². The highest BCUT2D eigenvalue weighted by atomic mass is 32.1. The lowest BCUT2D eigenvalue weighted by Crippen LogP contribution is -2.17. The zero-order valence-corrected chi connectivity index (χ0v) is 15.5. The van der Waals surface area contributed by atoms with Crippen molar-refractivity contribution in [3.63, 3.8) is 0 Å². The highest BCUT2D eigenvalue weighted by Gasteiger charge is 2.31. The van der Waals surface area contributed by atoms with Crippen molar-refractivity contribution in [1.29, 1.82) is 0 Å². The highest BCUT2D eigenvalue weighted by Crippen LogP contribution is 2.37. The second-order valence-corrected chi connectivity index (χ2v) is 7.71. The van der Waals surface area contributed by atoms with E-state index < -0.39 is 6.36 Å². The van der Waals surface area contributed by atoms with Gasteiger partial charge in [-0.3, -0.25) is 0 Å². The van der Waals surface area contributed by atoms with Crippen LogP contribution in [0.25, 0.3) is 16.3 Å². The maximum absolute atomic E-state index is 12.4. The Labute approximate surface area is 158 Å². The maximum Gasteiger partial charge on any atom is 0.573 e. The molecule has 0 amide bonds. The number of fused-ring (bicyclic) bond motifs is 1. The zero-order chi connectivity index (χ0) is 19.0. The predicted molar refractivity (Wildman–Crippen MR) is 99.7 cm³/mol. The number of benzene rings is 1. The fraction of sp³-hybridized carbons (Fsp3) is 0.316. The first kappa shape index (κ1) is 17.9. The molecular weight excluding hydrogens is 375 g/mol. The van der Waals surface area contributed by atoms with Gasteiger partial charge < -0.3 is 10.1 Å². The van der Waals surface area contributed by atoms with E-state index in [0.29, 0.717) is 5.69 Å². The Bertz CT molecular complexity index is 944. The molecule has 1 aliphatic rings. The number of halogens is 3. The van der Waals surface area contributed by atoms with E-state index >= 15 is 0 Å². The van der Waals surface area contributed by atoms with Crippen LogP contribution in [-0.4, -0.2) is 22.7 Å². The molecule has 0 spiro atoms. The van der Waals surface area contributed by atoms with Crippen molar-refractivity contribution < 1.29 is 17.9 Å². The van der Waals surface area contributed by atoms with Crippen LogP contribution in [0.15, 0.2) is 36.4 Å². The number of aromatic nitrogens is 2. The molecule has 0 aliphatic carbocycles. The van der Waals surface area contributed by atoms with E-state index in [1.807, 2.05) is 0 Å². The third kappa shape index (κ3) is 3.80. The summed E-state index contributed by atoms with van der Waals surface area (Å²) in [6, 6.07) is 9.93. The van der Waals surface area contributed by atoms with Crippen LogP contribution in [0.5, 0.6) is 5.75 Å². The summed E-state index contributed by atoms with van der Waals surface area (Å²) >= 11 is 1.69. The summed E-state index contributed by atoms with van der Waals surface area (Å²) in [5.74, 6) is 0.671. The number of anilines is 1. The standard InChI is InChI=1S/C19H18F3N3OS/c1-12-5-10-16(27-12)17-15-4-2-3-11-23-18(15)25(24-17)13-6-8-14(9-7-13)26-19(20,21)22/h5-10,23H,2-4,11H2,1H3. The van der Waals surface area contributed by atoms with Gasteiger partial charge in [-0.1, -0.05) is 0 Å². The largest absolute Gasteiger partial charge is 0.573 e. The number of nitrogens with zero attached hydrogens (tertiary/aromatic N) is 2. The number of hydrogen-bond donors (Lipinski definition) is 1. The van der Waals surface area contributed by atoms with E-state index in [-0.39, 0.29) is 5.75 Å². The molecule has 27 heavy (non-hydrogen) atoms. The summed E-state index contributed by atoms with van der Waals surface area (Å²) < 4.78 is 42.9. The van der Waals surface area contributed by atoms with E-state index in [1.165, 1.54) is 17.0 Å². The average molecular weight is 393 g/mol. The molecule has 0 fully saturated rings. The van der Waals surface area contributed by atoms with Crippen molar-refractivity contribution >= 4 is 17.2 Å². The lowest BCUT2D eigenvalue weighted by Gasteiger charge is -2.11. The molecule has 1 aromatic carbocycles. The fourth-order valence-electron chi connectivity index (χ4n) is 3.24. The Morgan fingerprint density at radius 1 is 1.11 bits per heavy atom. The molecule has 0 radical (unpaired) electrons. The summed E-state index contributed by atoms with van der Waals surface area (Å²) in [4.78, 5) is 2.31. The first-order valence-electron chi connectivity index (χ1n) is 8.69. The number of ether oxygens (including phenoxy) is 1. The third-order valence-electron chi connectivity index (χ3n) is 4.42. The Kier molecular flexibility index (Phi) is 4.59. The molecule has 4 rings (SSSR count). The molecule has 4 nitrogen and oxygen atoms in total. The van der Waals surface area contributed by atoms with Gasteiger partial charge in [0.25, 0.3) is 0 Å². The summed E-state index contributed by atoms with van der Waals surface area (Å²) in [6.45, 7) is 2.90. The lowest BCUT2D eigenvalue weighted by atomic mass is 10.1. The molecule has 0 unspecified atom stereocenters. The van der Waals surface area contributed by atoms with Gasteiger partial charge in [-0.05, 0) is 62.6 Å². The van der Waals surface area contributed by atoms with E-state index in [2.05, 4.69) is 29.1 Å². The van der Waals surface area contributed by atoms with Gasteiger partial charge in [-0.2, -0.15) is 5.10 Å². The zero-order valence-electron chi connectivity index (χ0n) is 14.6. The molecule has 1 aliphatic heterocycles. The predicted octanol–water partition coefficient (Wildman–Crippen LogP) is 5.56. The van der Waals surface area contributed by atoms with Gasteiger partial charge in [-0.25, -0.2) is 4.68 Å². The molecule has 1 N–H and O–H groups in total. The Morgan fingerprint density at radius 3 is 2.56 bits per heavy atom. The summed E-state index contributed by atoms with van der Waals surface area (Å²) in [5.41, 5.74) is 2.78. The van der Waals surface area contributed by atoms with Gasteiger partial charge in [0, 0.05) is 17.0 Å². The molecule has 2 aromatic heterocycles. The monoisotopic (exact) mass is 393 g/mol. The summed E-state index contributed by atoms with van der Waals surface area (Å²) in [5, 5.41) is 8.23. The smallest absolute Gasteiger partial charge is 0.406 e. The fourth-order valence-corrected chi connectivity index (χ4v) is 4.12. The van der Waals surface area contributed by atoms with Crippen LogP contribution in [0.1, 0.15) is 23.3 Å². The lowest BCUT2D eigenvalue weighted by molar-refractivity contribution is -0.274. The van der Waals surface area contributed by atoms with Crippen LogP contribution < -0.4 is 10.1 Å². The minimum atomic E-state index is -4.70. The summed E-state index contributed by atoms with van der Waals surface area (Å²) in [7, 11) is 0. The number of aryl methyl sites for hydroxylation is 1. The van der Waals surface area contributed by atoms with E-state index in [9.17, 15) is 13.2 Å². The third-order valence-corrected chi connectivity index (χ3v) is 5.43. The number of hydrogen-bond acceptors (Lipinski definition) is 4. The van der Waals surface area contributed by atoms with Gasteiger partial charge in [-0.15, -0.1) is 24.5 Å². The Morgan fingerprint density at radius 2 is 1.89 bits per heavy atom. The van der Waals surface area contributed by atoms with Crippen molar-refractivity contribution in [3.05, 3.63) is 46.8 Å². The number of alkyl halides is 3. The highest BCUT2D eigenvalue weighted by molar-refractivity contribution is 7.15. The Balaban J connectivity index is 1.75. The first-order valence-corrected chi connectivity index (χ1v) is 9.51. The van der Waals surface area contributed by atoms with Gasteiger partial charge in [0.05, 0.1) is 10.6 Å². The SMILES string of the molecule is Cc1ccc(-c2nn(-c3ccc(OC(F)(F)F)cc3)c3c2CCCCN3)s1. The van der Waals surface area contributed by atoms with Crippen LogP contribution in [0.4, 0.5) is 19.0 Å². The molecule has 0 atom stereocenters. The van der Waals surface area contributed by atoms with E-state index in [4.69, 9.17) is 5.10 Å². The number of thiophene rings is 1. The minimum absolute atomic E-state index is 0.244. The maximum atomic E-state index is 12.4. The molecular formula is C19H18F3N3OS. The van der Waals surface area contributed by atoms with E-state index in [0.717, 1.165) is 47.8 Å². The van der Waals surface area contributed by atoms with Crippen LogP contribution in [0.3, 0.4) is 0 Å². The molecule has 0 saturated heterocycles. The van der Waals surface area contributed by atoms with Gasteiger partial charge in [0.2, 0.25) is 0 Å². The second kappa shape index (κ2) is 6.92. The molecule has 3 aromatic rings. The van der Waals surface area contributed by atoms with Crippen molar-refractivity contribution in [2.45, 2.75) is 32.5 Å². The summed E-state index contributed by atoms with van der Waals surface area (Å²) in [6.07, 6.45) is -1.64. The van der Waals surface area contributed by atoms with Crippen molar-refractivity contribution in [3.8, 4) is 22.0 Å². The van der Waals surface area contributed by atoms with Crippen molar-refractivity contribution in [1.82, 2.24) is 9.78 Å². The normalized spacial score (nSPS) is 14.4. The molecule has 3 heterocycles. The van der Waals surface area contributed by atoms with Gasteiger partial charge >= 0.3 is 6.36 Å². The molecule has 142 valence electrons. The number of rotatable bonds is 3.